The molecule has 0 N–H and O–H groups in total. The van der Waals surface area contributed by atoms with Crippen LogP contribution in [-0.2, 0) is 5.41 Å². The molecule has 192 valence electrons. The molecule has 0 amide bonds. The van der Waals surface area contributed by atoms with Crippen LogP contribution < -0.4 is 0 Å². The molecule has 0 atom stereocenters. The first kappa shape index (κ1) is 22.8. The third-order valence-electron chi connectivity index (χ3n) is 9.60. The minimum Gasteiger partial charge on any atom is -0.0613 e. The smallest absolute Gasteiger partial charge is 0.0159 e. The molecule has 8 aromatic carbocycles. The van der Waals surface area contributed by atoms with Gasteiger partial charge in [0.05, 0.1) is 0 Å². The molecule has 8 aromatic rings. The van der Waals surface area contributed by atoms with E-state index < -0.39 is 0 Å². The van der Waals surface area contributed by atoms with Crippen LogP contribution in [0.5, 0.6) is 0 Å². The van der Waals surface area contributed by atoms with Gasteiger partial charge in [0.2, 0.25) is 0 Å². The molecule has 0 saturated heterocycles. The predicted octanol–water partition coefficient (Wildman–Crippen LogP) is 11.4. The van der Waals surface area contributed by atoms with Crippen molar-refractivity contribution in [3.8, 4) is 33.4 Å². The maximum absolute atomic E-state index is 2.44. The van der Waals surface area contributed by atoms with E-state index in [4.69, 9.17) is 0 Å². The summed E-state index contributed by atoms with van der Waals surface area (Å²) >= 11 is 0. The highest BCUT2D eigenvalue weighted by Crippen LogP contribution is 2.49. The third kappa shape index (κ3) is 3.11. The van der Waals surface area contributed by atoms with E-state index in [2.05, 4.69) is 147 Å². The highest BCUT2D eigenvalue weighted by Gasteiger charge is 2.33. The summed E-state index contributed by atoms with van der Waals surface area (Å²) in [5.41, 5.74) is 10.5. The Morgan fingerprint density at radius 1 is 0.366 bits per heavy atom. The number of fused-ring (bicyclic) bond motifs is 2. The zero-order valence-corrected chi connectivity index (χ0v) is 23.2. The summed E-state index contributed by atoms with van der Waals surface area (Å²) in [5.74, 6) is 0. The molecule has 0 saturated carbocycles. The van der Waals surface area contributed by atoms with Crippen molar-refractivity contribution < 1.29 is 0 Å². The van der Waals surface area contributed by atoms with Crippen LogP contribution in [0.15, 0.2) is 133 Å². The zero-order valence-electron chi connectivity index (χ0n) is 23.2. The molecular weight excluding hydrogens is 492 g/mol. The van der Waals surface area contributed by atoms with E-state index in [-0.39, 0.29) is 5.41 Å². The molecule has 0 aliphatic heterocycles. The van der Waals surface area contributed by atoms with Crippen molar-refractivity contribution in [1.29, 1.82) is 0 Å². The average Bonchev–Trinajstić information content (AvgIpc) is 3.02. The van der Waals surface area contributed by atoms with Crippen LogP contribution in [0.3, 0.4) is 0 Å². The predicted molar refractivity (Wildman–Crippen MR) is 176 cm³/mol. The van der Waals surface area contributed by atoms with Crippen LogP contribution in [0, 0.1) is 0 Å². The van der Waals surface area contributed by atoms with E-state index in [0.717, 1.165) is 0 Å². The molecule has 0 bridgehead atoms. The highest BCUT2D eigenvalue weighted by molar-refractivity contribution is 6.25. The topological polar surface area (TPSA) is 0 Å². The normalized spacial score (nSPS) is 13.8. The fourth-order valence-electron chi connectivity index (χ4n) is 7.56. The maximum Gasteiger partial charge on any atom is 0.0159 e. The molecule has 1 aliphatic rings. The Bertz CT molecular complexity index is 2310. The SMILES string of the molecule is CC1(C)c2cc(-c3cccc(-c4ccc5ccc6cccc7ccc4c5c67)c3)ccc2-c2cccc3cccc1c23. The van der Waals surface area contributed by atoms with E-state index in [0.29, 0.717) is 0 Å². The van der Waals surface area contributed by atoms with Gasteiger partial charge in [-0.05, 0) is 99.7 Å². The second-order valence-electron chi connectivity index (χ2n) is 12.1. The van der Waals surface area contributed by atoms with E-state index in [1.807, 2.05) is 0 Å². The van der Waals surface area contributed by atoms with E-state index in [1.165, 1.54) is 87.6 Å². The molecule has 0 heterocycles. The van der Waals surface area contributed by atoms with Crippen molar-refractivity contribution in [2.24, 2.45) is 0 Å². The second kappa shape index (κ2) is 8.05. The van der Waals surface area contributed by atoms with E-state index >= 15 is 0 Å². The molecule has 0 fully saturated rings. The Balaban J connectivity index is 1.22. The van der Waals surface area contributed by atoms with Crippen molar-refractivity contribution in [2.75, 3.05) is 0 Å². The van der Waals surface area contributed by atoms with Gasteiger partial charge in [-0.25, -0.2) is 0 Å². The second-order valence-corrected chi connectivity index (χ2v) is 12.1. The van der Waals surface area contributed by atoms with Crippen molar-refractivity contribution in [2.45, 2.75) is 19.3 Å². The zero-order chi connectivity index (χ0) is 27.3. The molecule has 9 rings (SSSR count). The third-order valence-corrected chi connectivity index (χ3v) is 9.60. The van der Waals surface area contributed by atoms with Gasteiger partial charge in [0.1, 0.15) is 0 Å². The van der Waals surface area contributed by atoms with Crippen LogP contribution in [0.25, 0.3) is 76.5 Å². The van der Waals surface area contributed by atoms with Crippen molar-refractivity contribution >= 4 is 43.1 Å². The number of benzene rings is 8. The van der Waals surface area contributed by atoms with Gasteiger partial charge >= 0.3 is 0 Å². The Morgan fingerprint density at radius 3 is 1.78 bits per heavy atom. The van der Waals surface area contributed by atoms with Gasteiger partial charge in [0, 0.05) is 5.41 Å². The quantitative estimate of drug-likeness (QED) is 0.199. The van der Waals surface area contributed by atoms with Gasteiger partial charge in [0.15, 0.2) is 0 Å². The lowest BCUT2D eigenvalue weighted by Gasteiger charge is -2.35. The van der Waals surface area contributed by atoms with Crippen molar-refractivity contribution in [1.82, 2.24) is 0 Å². The summed E-state index contributed by atoms with van der Waals surface area (Å²) in [7, 11) is 0. The summed E-state index contributed by atoms with van der Waals surface area (Å²) in [6.07, 6.45) is 0. The van der Waals surface area contributed by atoms with Gasteiger partial charge in [0.25, 0.3) is 0 Å². The lowest BCUT2D eigenvalue weighted by Crippen LogP contribution is -2.23. The molecular formula is C41H28. The minimum atomic E-state index is -0.0805. The van der Waals surface area contributed by atoms with E-state index in [9.17, 15) is 0 Å². The highest BCUT2D eigenvalue weighted by atomic mass is 14.4. The Labute approximate surface area is 239 Å². The van der Waals surface area contributed by atoms with Crippen molar-refractivity contribution in [3.05, 3.63) is 145 Å². The molecule has 0 heteroatoms. The number of hydrogen-bond acceptors (Lipinski definition) is 0. The van der Waals surface area contributed by atoms with Gasteiger partial charge in [-0.1, -0.05) is 135 Å². The molecule has 1 aliphatic carbocycles. The summed E-state index contributed by atoms with van der Waals surface area (Å²) < 4.78 is 0. The summed E-state index contributed by atoms with van der Waals surface area (Å²) in [4.78, 5) is 0. The molecule has 41 heavy (non-hydrogen) atoms. The lowest BCUT2D eigenvalue weighted by atomic mass is 9.68. The van der Waals surface area contributed by atoms with Gasteiger partial charge in [-0.15, -0.1) is 0 Å². The molecule has 0 unspecified atom stereocenters. The lowest BCUT2D eigenvalue weighted by molar-refractivity contribution is 0.645. The van der Waals surface area contributed by atoms with Crippen LogP contribution in [0.4, 0.5) is 0 Å². The monoisotopic (exact) mass is 520 g/mol. The summed E-state index contributed by atoms with van der Waals surface area (Å²) in [6.45, 7) is 4.75. The molecule has 0 radical (unpaired) electrons. The molecule has 0 spiro atoms. The average molecular weight is 521 g/mol. The van der Waals surface area contributed by atoms with Gasteiger partial charge in [-0.2, -0.15) is 0 Å². The first-order valence-electron chi connectivity index (χ1n) is 14.5. The molecule has 0 aromatic heterocycles. The number of rotatable bonds is 2. The Hall–Kier alpha value is -4.94. The standard InChI is InChI=1S/C41H28/c1-41(2)36-14-6-10-25-9-5-13-34(39(25)36)33-21-19-30(24-37(33)41)29-11-4-12-31(23-29)32-20-17-28-16-15-26-7-3-8-27-18-22-35(32)40(28)38(26)27/h3-24H,1-2H3. The van der Waals surface area contributed by atoms with Gasteiger partial charge < -0.3 is 0 Å². The van der Waals surface area contributed by atoms with E-state index in [1.54, 1.807) is 0 Å². The van der Waals surface area contributed by atoms with Crippen LogP contribution in [0.2, 0.25) is 0 Å². The minimum absolute atomic E-state index is 0.0805. The number of hydrogen-bond donors (Lipinski definition) is 0. The Morgan fingerprint density at radius 2 is 0.951 bits per heavy atom. The summed E-state index contributed by atoms with van der Waals surface area (Å²) in [5, 5.41) is 10.7. The fourth-order valence-corrected chi connectivity index (χ4v) is 7.56. The van der Waals surface area contributed by atoms with Crippen LogP contribution in [0.1, 0.15) is 25.0 Å². The Kier molecular flexibility index (Phi) is 4.49. The largest absolute Gasteiger partial charge is 0.0613 e. The van der Waals surface area contributed by atoms with Crippen LogP contribution >= 0.6 is 0 Å². The van der Waals surface area contributed by atoms with Gasteiger partial charge in [-0.3, -0.25) is 0 Å². The first-order valence-corrected chi connectivity index (χ1v) is 14.5. The summed E-state index contributed by atoms with van der Waals surface area (Å²) in [6, 6.07) is 50.0. The molecule has 0 nitrogen and oxygen atoms in total. The first-order chi connectivity index (χ1) is 20.1. The van der Waals surface area contributed by atoms with Crippen LogP contribution in [-0.4, -0.2) is 0 Å². The maximum atomic E-state index is 2.44. The fraction of sp³-hybridized carbons (Fsp3) is 0.0732. The van der Waals surface area contributed by atoms with Crippen molar-refractivity contribution in [3.63, 3.8) is 0 Å².